The summed E-state index contributed by atoms with van der Waals surface area (Å²) in [6, 6.07) is 0. The molecule has 0 spiro atoms. The van der Waals surface area contributed by atoms with Gasteiger partial charge in [-0.05, 0) is 13.0 Å². The monoisotopic (exact) mass is 148 g/mol. The summed E-state index contributed by atoms with van der Waals surface area (Å²) in [6.45, 7) is 1.92. The van der Waals surface area contributed by atoms with E-state index in [-0.39, 0.29) is 0 Å². The summed E-state index contributed by atoms with van der Waals surface area (Å²) in [6.07, 6.45) is 5.40. The van der Waals surface area contributed by atoms with Gasteiger partial charge >= 0.3 is 0 Å². The molecule has 2 heterocycles. The molecule has 0 radical (unpaired) electrons. The Morgan fingerprint density at radius 3 is 3.27 bits per heavy atom. The normalized spacial score (nSPS) is 13.2. The van der Waals surface area contributed by atoms with Gasteiger partial charge in [0.15, 0.2) is 5.82 Å². The molecule has 0 bridgehead atoms. The summed E-state index contributed by atoms with van der Waals surface area (Å²) in [5.41, 5.74) is 7.51. The number of aryl methyl sites for hydroxylation is 1. The second kappa shape index (κ2) is 2.23. The lowest BCUT2D eigenvalue weighted by Crippen LogP contribution is -2.20. The van der Waals surface area contributed by atoms with Crippen LogP contribution in [0.1, 0.15) is 11.4 Å². The molecule has 0 saturated carbocycles. The van der Waals surface area contributed by atoms with E-state index in [1.807, 2.05) is 13.0 Å². The van der Waals surface area contributed by atoms with Crippen LogP contribution < -0.4 is 10.9 Å². The summed E-state index contributed by atoms with van der Waals surface area (Å²) >= 11 is 0. The van der Waals surface area contributed by atoms with Crippen molar-refractivity contribution in [2.75, 3.05) is 5.43 Å². The van der Waals surface area contributed by atoms with Crippen LogP contribution in [0.2, 0.25) is 0 Å². The maximum absolute atomic E-state index is 4.26. The third-order valence-corrected chi connectivity index (χ3v) is 1.44. The standard InChI is InChI=1S/C7H8N4/c1-5-4-8-7-6(10-5)2-3-9-11-7/h2-4,9H,1H3,(H,8,11). The van der Waals surface area contributed by atoms with E-state index in [4.69, 9.17) is 0 Å². The molecule has 2 rings (SSSR count). The first-order chi connectivity index (χ1) is 5.36. The van der Waals surface area contributed by atoms with Gasteiger partial charge in [0, 0.05) is 6.20 Å². The number of rotatable bonds is 0. The van der Waals surface area contributed by atoms with Gasteiger partial charge in [0.2, 0.25) is 0 Å². The van der Waals surface area contributed by atoms with Gasteiger partial charge in [0.05, 0.1) is 11.9 Å². The molecule has 0 fully saturated rings. The minimum atomic E-state index is 0.776. The van der Waals surface area contributed by atoms with Crippen LogP contribution in [0.5, 0.6) is 0 Å². The Kier molecular flexibility index (Phi) is 1.25. The maximum atomic E-state index is 4.26. The summed E-state index contributed by atoms with van der Waals surface area (Å²) in [4.78, 5) is 8.39. The minimum Gasteiger partial charge on any atom is -0.307 e. The highest BCUT2D eigenvalue weighted by Crippen LogP contribution is 2.12. The lowest BCUT2D eigenvalue weighted by Gasteiger charge is -2.11. The quantitative estimate of drug-likeness (QED) is 0.568. The van der Waals surface area contributed by atoms with Crippen molar-refractivity contribution >= 4 is 11.9 Å². The fourth-order valence-corrected chi connectivity index (χ4v) is 0.939. The van der Waals surface area contributed by atoms with Gasteiger partial charge in [-0.1, -0.05) is 0 Å². The van der Waals surface area contributed by atoms with E-state index in [0.717, 1.165) is 17.2 Å². The van der Waals surface area contributed by atoms with E-state index in [1.165, 1.54) is 0 Å². The highest BCUT2D eigenvalue weighted by molar-refractivity contribution is 5.61. The largest absolute Gasteiger partial charge is 0.307 e. The van der Waals surface area contributed by atoms with Gasteiger partial charge in [-0.25, -0.2) is 9.97 Å². The molecule has 0 aromatic carbocycles. The summed E-state index contributed by atoms with van der Waals surface area (Å²) in [5, 5.41) is 0. The zero-order valence-electron chi connectivity index (χ0n) is 6.13. The predicted molar refractivity (Wildman–Crippen MR) is 42.6 cm³/mol. The lowest BCUT2D eigenvalue weighted by molar-refractivity contribution is 0.981. The van der Waals surface area contributed by atoms with Crippen LogP contribution >= 0.6 is 0 Å². The zero-order chi connectivity index (χ0) is 7.68. The Labute approximate surface area is 64.3 Å². The van der Waals surface area contributed by atoms with Crippen molar-refractivity contribution in [3.8, 4) is 0 Å². The van der Waals surface area contributed by atoms with Crippen molar-refractivity contribution in [2.24, 2.45) is 0 Å². The Morgan fingerprint density at radius 2 is 2.36 bits per heavy atom. The zero-order valence-corrected chi connectivity index (χ0v) is 6.13. The first kappa shape index (κ1) is 6.15. The second-order valence-corrected chi connectivity index (χ2v) is 2.35. The van der Waals surface area contributed by atoms with E-state index in [0.29, 0.717) is 0 Å². The van der Waals surface area contributed by atoms with Gasteiger partial charge in [-0.2, -0.15) is 0 Å². The Bertz CT molecular complexity index is 305. The summed E-state index contributed by atoms with van der Waals surface area (Å²) in [7, 11) is 0. The molecular formula is C7H8N4. The fourth-order valence-electron chi connectivity index (χ4n) is 0.939. The van der Waals surface area contributed by atoms with E-state index in [1.54, 1.807) is 12.4 Å². The van der Waals surface area contributed by atoms with Crippen LogP contribution in [0.15, 0.2) is 12.4 Å². The fraction of sp³-hybridized carbons (Fsp3) is 0.143. The first-order valence-corrected chi connectivity index (χ1v) is 3.38. The molecular weight excluding hydrogens is 140 g/mol. The first-order valence-electron chi connectivity index (χ1n) is 3.38. The van der Waals surface area contributed by atoms with Gasteiger partial charge in [0.1, 0.15) is 5.69 Å². The molecule has 0 saturated heterocycles. The Morgan fingerprint density at radius 1 is 1.45 bits per heavy atom. The van der Waals surface area contributed by atoms with Crippen molar-refractivity contribution < 1.29 is 0 Å². The van der Waals surface area contributed by atoms with E-state index < -0.39 is 0 Å². The molecule has 4 nitrogen and oxygen atoms in total. The average molecular weight is 148 g/mol. The Balaban J connectivity index is 2.54. The SMILES string of the molecule is Cc1cnc2c(n1)C=CNN2. The van der Waals surface area contributed by atoms with Crippen molar-refractivity contribution in [1.29, 1.82) is 0 Å². The molecule has 0 unspecified atom stereocenters. The van der Waals surface area contributed by atoms with Crippen LogP contribution in [0, 0.1) is 6.92 Å². The van der Waals surface area contributed by atoms with Gasteiger partial charge in [-0.3, -0.25) is 5.43 Å². The minimum absolute atomic E-state index is 0.776. The number of aromatic nitrogens is 2. The number of hydrazine groups is 1. The van der Waals surface area contributed by atoms with Crippen molar-refractivity contribution in [1.82, 2.24) is 15.4 Å². The number of hydrogen-bond donors (Lipinski definition) is 2. The second-order valence-electron chi connectivity index (χ2n) is 2.35. The van der Waals surface area contributed by atoms with Crippen LogP contribution in [-0.4, -0.2) is 9.97 Å². The topological polar surface area (TPSA) is 49.8 Å². The molecule has 11 heavy (non-hydrogen) atoms. The lowest BCUT2D eigenvalue weighted by atomic mass is 10.3. The predicted octanol–water partition coefficient (Wildman–Crippen LogP) is 0.686. The molecule has 1 aromatic rings. The molecule has 2 N–H and O–H groups in total. The van der Waals surface area contributed by atoms with Gasteiger partial charge < -0.3 is 5.43 Å². The molecule has 1 aliphatic heterocycles. The van der Waals surface area contributed by atoms with Gasteiger partial charge in [-0.15, -0.1) is 0 Å². The molecule has 0 atom stereocenters. The molecule has 1 aromatic heterocycles. The molecule has 4 heteroatoms. The number of fused-ring (bicyclic) bond motifs is 1. The third-order valence-electron chi connectivity index (χ3n) is 1.44. The number of nitrogens with zero attached hydrogens (tertiary/aromatic N) is 2. The van der Waals surface area contributed by atoms with Gasteiger partial charge in [0.25, 0.3) is 0 Å². The van der Waals surface area contributed by atoms with E-state index in [9.17, 15) is 0 Å². The van der Waals surface area contributed by atoms with Crippen LogP contribution in [-0.2, 0) is 0 Å². The van der Waals surface area contributed by atoms with E-state index in [2.05, 4.69) is 20.8 Å². The van der Waals surface area contributed by atoms with Crippen molar-refractivity contribution in [2.45, 2.75) is 6.92 Å². The molecule has 56 valence electrons. The number of hydrogen-bond acceptors (Lipinski definition) is 4. The van der Waals surface area contributed by atoms with Crippen molar-refractivity contribution in [3.63, 3.8) is 0 Å². The number of nitrogens with one attached hydrogen (secondary N) is 2. The third kappa shape index (κ3) is 1.02. The molecule has 0 aliphatic carbocycles. The smallest absolute Gasteiger partial charge is 0.170 e. The molecule has 1 aliphatic rings. The average Bonchev–Trinajstić information content (AvgIpc) is 2.04. The van der Waals surface area contributed by atoms with Crippen LogP contribution in [0.25, 0.3) is 6.08 Å². The van der Waals surface area contributed by atoms with Crippen LogP contribution in [0.3, 0.4) is 0 Å². The highest BCUT2D eigenvalue weighted by Gasteiger charge is 2.04. The summed E-state index contributed by atoms with van der Waals surface area (Å²) < 4.78 is 0. The Hall–Kier alpha value is -1.58. The van der Waals surface area contributed by atoms with E-state index >= 15 is 0 Å². The molecule has 0 amide bonds. The number of anilines is 1. The maximum Gasteiger partial charge on any atom is 0.170 e. The summed E-state index contributed by atoms with van der Waals surface area (Å²) in [5.74, 6) is 0.776. The highest BCUT2D eigenvalue weighted by atomic mass is 15.4. The van der Waals surface area contributed by atoms with Crippen LogP contribution in [0.4, 0.5) is 5.82 Å². The van der Waals surface area contributed by atoms with Crippen molar-refractivity contribution in [3.05, 3.63) is 23.8 Å².